The van der Waals surface area contributed by atoms with Crippen molar-refractivity contribution in [2.24, 2.45) is 0 Å². The quantitative estimate of drug-likeness (QED) is 0.799. The number of rotatable bonds is 4. The molecule has 2 amide bonds. The first kappa shape index (κ1) is 14.1. The van der Waals surface area contributed by atoms with E-state index in [0.717, 1.165) is 22.5 Å². The third kappa shape index (κ3) is 4.10. The van der Waals surface area contributed by atoms with Gasteiger partial charge in [-0.3, -0.25) is 0 Å². The van der Waals surface area contributed by atoms with Crippen molar-refractivity contribution in [2.45, 2.75) is 13.3 Å². The fraction of sp³-hybridized carbons (Fsp3) is 0.188. The van der Waals surface area contributed by atoms with E-state index in [1.54, 1.807) is 0 Å². The highest BCUT2D eigenvalue weighted by Crippen LogP contribution is 2.12. The zero-order valence-electron chi connectivity index (χ0n) is 11.4. The molecule has 20 heavy (non-hydrogen) atoms. The van der Waals surface area contributed by atoms with Crippen LogP contribution in [-0.4, -0.2) is 17.7 Å². The van der Waals surface area contributed by atoms with E-state index >= 15 is 0 Å². The van der Waals surface area contributed by atoms with Crippen LogP contribution in [0, 0.1) is 6.92 Å². The molecule has 0 aliphatic rings. The minimum atomic E-state index is -0.273. The number of hydrogen-bond acceptors (Lipinski definition) is 2. The molecule has 4 nitrogen and oxygen atoms in total. The Bertz CT molecular complexity index is 579. The summed E-state index contributed by atoms with van der Waals surface area (Å²) in [4.78, 5) is 11.8. The molecule has 2 aromatic rings. The Labute approximate surface area is 118 Å². The van der Waals surface area contributed by atoms with Crippen molar-refractivity contribution in [3.05, 3.63) is 59.7 Å². The molecule has 0 aromatic heterocycles. The lowest BCUT2D eigenvalue weighted by atomic mass is 10.1. The lowest BCUT2D eigenvalue weighted by Gasteiger charge is -2.08. The van der Waals surface area contributed by atoms with Gasteiger partial charge in [-0.2, -0.15) is 0 Å². The molecule has 0 saturated carbocycles. The van der Waals surface area contributed by atoms with E-state index in [0.29, 0.717) is 6.42 Å². The summed E-state index contributed by atoms with van der Waals surface area (Å²) >= 11 is 0. The molecule has 4 heteroatoms. The smallest absolute Gasteiger partial charge is 0.323 e. The Morgan fingerprint density at radius 1 is 1.05 bits per heavy atom. The molecule has 2 aromatic carbocycles. The van der Waals surface area contributed by atoms with E-state index < -0.39 is 0 Å². The summed E-state index contributed by atoms with van der Waals surface area (Å²) in [6.07, 6.45) is 0.621. The first-order valence-corrected chi connectivity index (χ1v) is 6.52. The minimum absolute atomic E-state index is 0.126. The molecule has 104 valence electrons. The van der Waals surface area contributed by atoms with Crippen molar-refractivity contribution >= 4 is 17.4 Å². The summed E-state index contributed by atoms with van der Waals surface area (Å²) in [5.74, 6) is 0. The predicted octanol–water partition coefficient (Wildman–Crippen LogP) is 3.17. The number of aliphatic hydroxyl groups is 1. The van der Waals surface area contributed by atoms with Gasteiger partial charge in [0.15, 0.2) is 0 Å². The molecule has 0 fully saturated rings. The van der Waals surface area contributed by atoms with E-state index in [2.05, 4.69) is 10.6 Å². The van der Waals surface area contributed by atoms with Gasteiger partial charge < -0.3 is 15.7 Å². The van der Waals surface area contributed by atoms with Gasteiger partial charge in [0, 0.05) is 18.0 Å². The van der Waals surface area contributed by atoms with Gasteiger partial charge in [-0.15, -0.1) is 0 Å². The average molecular weight is 270 g/mol. The van der Waals surface area contributed by atoms with Crippen LogP contribution in [0.1, 0.15) is 11.1 Å². The zero-order valence-corrected chi connectivity index (χ0v) is 11.4. The zero-order chi connectivity index (χ0) is 14.4. The van der Waals surface area contributed by atoms with E-state index in [1.165, 1.54) is 0 Å². The van der Waals surface area contributed by atoms with Gasteiger partial charge in [-0.1, -0.05) is 24.3 Å². The topological polar surface area (TPSA) is 61.4 Å². The van der Waals surface area contributed by atoms with Crippen LogP contribution in [0.3, 0.4) is 0 Å². The molecule has 0 saturated heterocycles. The standard InChI is InChI=1S/C16H18N2O2/c1-12-3-2-4-15(11-12)18-16(20)17-14-7-5-13(6-8-14)9-10-19/h2-8,11,19H,9-10H2,1H3,(H2,17,18,20). The summed E-state index contributed by atoms with van der Waals surface area (Å²) in [6, 6.07) is 14.8. The SMILES string of the molecule is Cc1cccc(NC(=O)Nc2ccc(CCO)cc2)c1. The molecule has 0 atom stereocenters. The van der Waals surface area contributed by atoms with Crippen LogP contribution in [-0.2, 0) is 6.42 Å². The van der Waals surface area contributed by atoms with Gasteiger partial charge in [0.2, 0.25) is 0 Å². The van der Waals surface area contributed by atoms with Gasteiger partial charge in [-0.05, 0) is 48.7 Å². The number of hydrogen-bond donors (Lipinski definition) is 3. The second-order valence-corrected chi connectivity index (χ2v) is 4.62. The Hall–Kier alpha value is -2.33. The van der Waals surface area contributed by atoms with Crippen molar-refractivity contribution in [1.29, 1.82) is 0 Å². The van der Waals surface area contributed by atoms with Crippen LogP contribution in [0.4, 0.5) is 16.2 Å². The Morgan fingerprint density at radius 2 is 1.75 bits per heavy atom. The molecular weight excluding hydrogens is 252 g/mol. The normalized spacial score (nSPS) is 10.1. The second kappa shape index (κ2) is 6.73. The minimum Gasteiger partial charge on any atom is -0.396 e. The van der Waals surface area contributed by atoms with E-state index in [9.17, 15) is 4.79 Å². The van der Waals surface area contributed by atoms with Crippen LogP contribution < -0.4 is 10.6 Å². The number of amides is 2. The number of benzene rings is 2. The number of carbonyl (C=O) groups is 1. The van der Waals surface area contributed by atoms with Crippen LogP contribution in [0.25, 0.3) is 0 Å². The third-order valence-corrected chi connectivity index (χ3v) is 2.89. The van der Waals surface area contributed by atoms with Gasteiger partial charge >= 0.3 is 6.03 Å². The molecule has 2 rings (SSSR count). The first-order chi connectivity index (χ1) is 9.67. The maximum Gasteiger partial charge on any atom is 0.323 e. The summed E-state index contributed by atoms with van der Waals surface area (Å²) in [5.41, 5.74) is 3.62. The van der Waals surface area contributed by atoms with Gasteiger partial charge in [0.25, 0.3) is 0 Å². The summed E-state index contributed by atoms with van der Waals surface area (Å²) < 4.78 is 0. The molecule has 0 aliphatic heterocycles. The fourth-order valence-electron chi connectivity index (χ4n) is 1.90. The Kier molecular flexibility index (Phi) is 4.74. The highest BCUT2D eigenvalue weighted by Gasteiger charge is 2.02. The number of aliphatic hydroxyl groups excluding tert-OH is 1. The van der Waals surface area contributed by atoms with E-state index in [4.69, 9.17) is 5.11 Å². The molecule has 0 radical (unpaired) electrons. The maximum absolute atomic E-state index is 11.8. The number of urea groups is 1. The largest absolute Gasteiger partial charge is 0.396 e. The number of anilines is 2. The van der Waals surface area contributed by atoms with Crippen LogP contribution >= 0.6 is 0 Å². The summed E-state index contributed by atoms with van der Waals surface area (Å²) in [5, 5.41) is 14.4. The Morgan fingerprint density at radius 3 is 2.40 bits per heavy atom. The third-order valence-electron chi connectivity index (χ3n) is 2.89. The van der Waals surface area contributed by atoms with Gasteiger partial charge in [0.05, 0.1) is 0 Å². The van der Waals surface area contributed by atoms with Crippen molar-refractivity contribution in [3.8, 4) is 0 Å². The van der Waals surface area contributed by atoms with Gasteiger partial charge in [-0.25, -0.2) is 4.79 Å². The number of carbonyl (C=O) groups excluding carboxylic acids is 1. The molecule has 0 spiro atoms. The van der Waals surface area contributed by atoms with Crippen LogP contribution in [0.5, 0.6) is 0 Å². The average Bonchev–Trinajstić information content (AvgIpc) is 2.41. The molecular formula is C16H18N2O2. The molecule has 0 unspecified atom stereocenters. The fourth-order valence-corrected chi connectivity index (χ4v) is 1.90. The molecule has 0 aliphatic carbocycles. The summed E-state index contributed by atoms with van der Waals surface area (Å²) in [7, 11) is 0. The lowest BCUT2D eigenvalue weighted by molar-refractivity contribution is 0.262. The second-order valence-electron chi connectivity index (χ2n) is 4.62. The van der Waals surface area contributed by atoms with Gasteiger partial charge in [0.1, 0.15) is 0 Å². The summed E-state index contributed by atoms with van der Waals surface area (Å²) in [6.45, 7) is 2.10. The molecule has 0 heterocycles. The predicted molar refractivity (Wildman–Crippen MR) is 81.1 cm³/mol. The monoisotopic (exact) mass is 270 g/mol. The number of nitrogens with one attached hydrogen (secondary N) is 2. The van der Waals surface area contributed by atoms with Crippen LogP contribution in [0.2, 0.25) is 0 Å². The highest BCUT2D eigenvalue weighted by molar-refractivity contribution is 5.99. The lowest BCUT2D eigenvalue weighted by Crippen LogP contribution is -2.19. The molecule has 0 bridgehead atoms. The molecule has 3 N–H and O–H groups in total. The van der Waals surface area contributed by atoms with Crippen LogP contribution in [0.15, 0.2) is 48.5 Å². The van der Waals surface area contributed by atoms with Crippen molar-refractivity contribution in [3.63, 3.8) is 0 Å². The van der Waals surface area contributed by atoms with Crippen molar-refractivity contribution in [2.75, 3.05) is 17.2 Å². The number of aryl methyl sites for hydroxylation is 1. The maximum atomic E-state index is 11.8. The highest BCUT2D eigenvalue weighted by atomic mass is 16.3. The van der Waals surface area contributed by atoms with Crippen molar-refractivity contribution in [1.82, 2.24) is 0 Å². The van der Waals surface area contributed by atoms with E-state index in [-0.39, 0.29) is 12.6 Å². The van der Waals surface area contributed by atoms with E-state index in [1.807, 2.05) is 55.5 Å². The van der Waals surface area contributed by atoms with Crippen molar-refractivity contribution < 1.29 is 9.90 Å². The first-order valence-electron chi connectivity index (χ1n) is 6.52. The Balaban J connectivity index is 1.94.